The quantitative estimate of drug-likeness (QED) is 0.761. The first-order valence-electron chi connectivity index (χ1n) is 8.09. The minimum Gasteiger partial charge on any atom is -0.337 e. The fourth-order valence-electron chi connectivity index (χ4n) is 3.03. The lowest BCUT2D eigenvalue weighted by Gasteiger charge is -2.18. The van der Waals surface area contributed by atoms with E-state index >= 15 is 0 Å². The van der Waals surface area contributed by atoms with Gasteiger partial charge in [-0.25, -0.2) is 21.8 Å². The molecule has 1 atom stereocenters. The van der Waals surface area contributed by atoms with Crippen molar-refractivity contribution in [2.75, 3.05) is 18.8 Å². The van der Waals surface area contributed by atoms with Gasteiger partial charge in [-0.1, -0.05) is 29.8 Å². The number of sulfonamides is 1. The molecule has 3 rings (SSSR count). The van der Waals surface area contributed by atoms with Crippen LogP contribution < -0.4 is 0 Å². The molecule has 1 saturated heterocycles. The Kier molecular flexibility index (Phi) is 5.17. The van der Waals surface area contributed by atoms with E-state index < -0.39 is 25.1 Å². The third kappa shape index (κ3) is 3.53. The molecule has 1 aliphatic heterocycles. The summed E-state index contributed by atoms with van der Waals surface area (Å²) in [5.74, 6) is 0.313. The first-order valence-corrected chi connectivity index (χ1v) is 11.6. The largest absolute Gasteiger partial charge is 0.337 e. The van der Waals surface area contributed by atoms with E-state index in [1.54, 1.807) is 42.8 Å². The topological polar surface area (TPSA) is 89.3 Å². The monoisotopic (exact) mass is 417 g/mol. The Balaban J connectivity index is 1.93. The van der Waals surface area contributed by atoms with Gasteiger partial charge in [0.25, 0.3) is 10.0 Å². The molecule has 1 aromatic heterocycles. The van der Waals surface area contributed by atoms with E-state index in [2.05, 4.69) is 4.98 Å². The van der Waals surface area contributed by atoms with Crippen LogP contribution in [0.2, 0.25) is 5.02 Å². The van der Waals surface area contributed by atoms with Crippen molar-refractivity contribution in [3.8, 4) is 0 Å². The highest BCUT2D eigenvalue weighted by molar-refractivity contribution is 7.92. The van der Waals surface area contributed by atoms with Crippen molar-refractivity contribution >= 4 is 31.5 Å². The van der Waals surface area contributed by atoms with E-state index in [0.717, 1.165) is 0 Å². The number of hydrogen-bond donors (Lipinski definition) is 0. The van der Waals surface area contributed by atoms with Gasteiger partial charge in [0.05, 0.1) is 11.0 Å². The van der Waals surface area contributed by atoms with Gasteiger partial charge in [-0.2, -0.15) is 4.31 Å². The molecule has 10 heteroatoms. The van der Waals surface area contributed by atoms with Gasteiger partial charge >= 0.3 is 0 Å². The molecule has 7 nitrogen and oxygen atoms in total. The Bertz CT molecular complexity index is 1010. The Morgan fingerprint density at radius 1 is 1.23 bits per heavy atom. The van der Waals surface area contributed by atoms with Crippen molar-refractivity contribution in [1.29, 1.82) is 0 Å². The second kappa shape index (κ2) is 6.95. The summed E-state index contributed by atoms with van der Waals surface area (Å²) < 4.78 is 54.0. The number of aromatic nitrogens is 2. The molecule has 26 heavy (non-hydrogen) atoms. The summed E-state index contributed by atoms with van der Waals surface area (Å²) >= 11 is 6.17. The molecular formula is C16H20ClN3O4S2. The van der Waals surface area contributed by atoms with Crippen LogP contribution in [-0.4, -0.2) is 49.5 Å². The zero-order valence-corrected chi connectivity index (χ0v) is 16.9. The van der Waals surface area contributed by atoms with Crippen LogP contribution in [0.4, 0.5) is 0 Å². The highest BCUT2D eigenvalue weighted by Gasteiger charge is 2.37. The second-order valence-corrected chi connectivity index (χ2v) is 10.9. The lowest BCUT2D eigenvalue weighted by atomic mass is 10.1. The number of halogens is 1. The molecule has 142 valence electrons. The third-order valence-electron chi connectivity index (χ3n) is 4.64. The number of imidazole rings is 1. The Morgan fingerprint density at radius 3 is 2.54 bits per heavy atom. The van der Waals surface area contributed by atoms with Crippen LogP contribution in [0.25, 0.3) is 0 Å². The maximum absolute atomic E-state index is 12.9. The summed E-state index contributed by atoms with van der Waals surface area (Å²) in [5, 5.41) is -0.509. The van der Waals surface area contributed by atoms with Crippen LogP contribution in [0.5, 0.6) is 0 Å². The first kappa shape index (κ1) is 19.3. The van der Waals surface area contributed by atoms with Gasteiger partial charge < -0.3 is 4.57 Å². The van der Waals surface area contributed by atoms with E-state index in [9.17, 15) is 16.8 Å². The molecule has 1 unspecified atom stereocenters. The van der Waals surface area contributed by atoms with Crippen molar-refractivity contribution in [3.63, 3.8) is 0 Å². The van der Waals surface area contributed by atoms with Crippen molar-refractivity contribution in [1.82, 2.24) is 13.9 Å². The van der Waals surface area contributed by atoms with Crippen molar-refractivity contribution < 1.29 is 16.8 Å². The predicted octanol–water partition coefficient (Wildman–Crippen LogP) is 1.93. The summed E-state index contributed by atoms with van der Waals surface area (Å²) in [5.41, 5.74) is 0.516. The highest BCUT2D eigenvalue weighted by Crippen LogP contribution is 2.34. The fourth-order valence-corrected chi connectivity index (χ4v) is 6.78. The van der Waals surface area contributed by atoms with Gasteiger partial charge in [0.1, 0.15) is 5.82 Å². The standard InChI is InChI=1S/C16H20ClN3O4S2/c1-12-18-16(11-19(12)2)26(23,24)20-8-7-15(25(21,22)10-9-20)13-5-3-4-6-14(13)17/h3-6,11,15H,7-10H2,1-2H3. The number of aryl methyl sites for hydroxylation is 2. The van der Waals surface area contributed by atoms with Crippen molar-refractivity contribution in [2.24, 2.45) is 7.05 Å². The number of sulfone groups is 1. The average Bonchev–Trinajstić information content (AvgIpc) is 2.82. The average molecular weight is 418 g/mol. The number of rotatable bonds is 3. The minimum absolute atomic E-state index is 0.0638. The smallest absolute Gasteiger partial charge is 0.262 e. The van der Waals surface area contributed by atoms with Gasteiger partial charge in [0.2, 0.25) is 0 Å². The molecule has 0 aliphatic carbocycles. The van der Waals surface area contributed by atoms with Crippen LogP contribution in [0.1, 0.15) is 23.1 Å². The fraction of sp³-hybridized carbons (Fsp3) is 0.438. The summed E-state index contributed by atoms with van der Waals surface area (Å²) in [6.07, 6.45) is 1.59. The Hall–Kier alpha value is -1.42. The van der Waals surface area contributed by atoms with Gasteiger partial charge in [-0.15, -0.1) is 0 Å². The van der Waals surface area contributed by atoms with E-state index in [1.807, 2.05) is 0 Å². The zero-order valence-electron chi connectivity index (χ0n) is 14.5. The Morgan fingerprint density at radius 2 is 1.92 bits per heavy atom. The molecule has 0 spiro atoms. The van der Waals surface area contributed by atoms with Crippen LogP contribution in [-0.2, 0) is 26.9 Å². The Labute approximate surface area is 158 Å². The molecule has 2 heterocycles. The number of benzene rings is 1. The molecule has 0 radical (unpaired) electrons. The molecule has 0 amide bonds. The molecular weight excluding hydrogens is 398 g/mol. The molecule has 1 aromatic carbocycles. The third-order valence-corrected chi connectivity index (χ3v) is 8.86. The summed E-state index contributed by atoms with van der Waals surface area (Å²) in [6, 6.07) is 6.78. The molecule has 1 aliphatic rings. The van der Waals surface area contributed by atoms with Gasteiger partial charge in [0, 0.05) is 31.4 Å². The lowest BCUT2D eigenvalue weighted by Crippen LogP contribution is -2.33. The molecule has 0 saturated carbocycles. The van der Waals surface area contributed by atoms with E-state index in [1.165, 1.54) is 10.5 Å². The summed E-state index contributed by atoms with van der Waals surface area (Å²) in [7, 11) is -5.67. The van der Waals surface area contributed by atoms with Crippen LogP contribution in [0.3, 0.4) is 0 Å². The van der Waals surface area contributed by atoms with E-state index in [-0.39, 0.29) is 30.3 Å². The maximum Gasteiger partial charge on any atom is 0.262 e. The normalized spacial score (nSPS) is 21.4. The molecule has 1 fully saturated rings. The van der Waals surface area contributed by atoms with Gasteiger partial charge in [-0.3, -0.25) is 0 Å². The molecule has 0 N–H and O–H groups in total. The second-order valence-electron chi connectivity index (χ2n) is 6.31. The highest BCUT2D eigenvalue weighted by atomic mass is 35.5. The van der Waals surface area contributed by atoms with Crippen molar-refractivity contribution in [3.05, 3.63) is 46.9 Å². The van der Waals surface area contributed by atoms with Crippen LogP contribution >= 0.6 is 11.6 Å². The van der Waals surface area contributed by atoms with Gasteiger partial charge in [-0.05, 0) is 25.0 Å². The van der Waals surface area contributed by atoms with Gasteiger partial charge in [0.15, 0.2) is 14.9 Å². The maximum atomic E-state index is 12.9. The van der Waals surface area contributed by atoms with E-state index in [4.69, 9.17) is 11.6 Å². The predicted molar refractivity (Wildman–Crippen MR) is 99.3 cm³/mol. The van der Waals surface area contributed by atoms with E-state index in [0.29, 0.717) is 16.4 Å². The molecule has 0 bridgehead atoms. The van der Waals surface area contributed by atoms with Crippen LogP contribution in [0.15, 0.2) is 35.5 Å². The number of hydrogen-bond acceptors (Lipinski definition) is 5. The molecule has 2 aromatic rings. The summed E-state index contributed by atoms with van der Waals surface area (Å²) in [6.45, 7) is 1.70. The van der Waals surface area contributed by atoms with Crippen molar-refractivity contribution in [2.45, 2.75) is 23.6 Å². The zero-order chi connectivity index (χ0) is 19.1. The minimum atomic E-state index is -3.85. The summed E-state index contributed by atoms with van der Waals surface area (Å²) in [4.78, 5) is 4.08. The lowest BCUT2D eigenvalue weighted by molar-refractivity contribution is 0.426. The number of nitrogens with zero attached hydrogens (tertiary/aromatic N) is 3. The SMILES string of the molecule is Cc1nc(S(=O)(=O)N2CCC(c3ccccc3Cl)S(=O)(=O)CC2)cn1C. The first-order chi connectivity index (χ1) is 12.1. The van der Waals surface area contributed by atoms with Crippen LogP contribution in [0, 0.1) is 6.92 Å².